The van der Waals surface area contributed by atoms with Gasteiger partial charge in [0.25, 0.3) is 0 Å². The van der Waals surface area contributed by atoms with Gasteiger partial charge in [-0.05, 0) is 43.0 Å². The van der Waals surface area contributed by atoms with Crippen molar-refractivity contribution < 1.29 is 13.2 Å². The molecule has 1 amide bonds. The van der Waals surface area contributed by atoms with Crippen LogP contribution in [0.15, 0.2) is 53.4 Å². The van der Waals surface area contributed by atoms with E-state index >= 15 is 0 Å². The normalized spacial score (nSPS) is 15.3. The fraction of sp³-hybridized carbons (Fsp3) is 0.350. The van der Waals surface area contributed by atoms with Crippen molar-refractivity contribution in [2.45, 2.75) is 30.1 Å². The van der Waals surface area contributed by atoms with Crippen LogP contribution in [0, 0.1) is 6.92 Å². The Labute approximate surface area is 154 Å². The Hall–Kier alpha value is -2.34. The monoisotopic (exact) mass is 372 g/mol. The second-order valence-electron chi connectivity index (χ2n) is 7.03. The van der Waals surface area contributed by atoms with Crippen LogP contribution in [-0.4, -0.2) is 33.7 Å². The minimum absolute atomic E-state index is 0.0725. The molecule has 2 aromatic carbocycles. The summed E-state index contributed by atoms with van der Waals surface area (Å²) in [4.78, 5) is 12.5. The maximum absolute atomic E-state index is 12.2. The maximum atomic E-state index is 12.2. The molecule has 0 aromatic heterocycles. The number of rotatable bonds is 7. The summed E-state index contributed by atoms with van der Waals surface area (Å²) in [6, 6.07) is 15.2. The number of carbonyl (C=O) groups is 1. The molecule has 0 radical (unpaired) electrons. The van der Waals surface area contributed by atoms with Crippen molar-refractivity contribution in [2.75, 3.05) is 24.7 Å². The zero-order valence-corrected chi connectivity index (χ0v) is 15.9. The lowest BCUT2D eigenvalue weighted by Gasteiger charge is -2.17. The number of anilines is 1. The highest BCUT2D eigenvalue weighted by Gasteiger charge is 2.44. The summed E-state index contributed by atoms with van der Waals surface area (Å²) in [5.41, 5.74) is 2.90. The van der Waals surface area contributed by atoms with Gasteiger partial charge in [-0.3, -0.25) is 4.79 Å². The summed E-state index contributed by atoms with van der Waals surface area (Å²) < 4.78 is 23.4. The van der Waals surface area contributed by atoms with E-state index in [-0.39, 0.29) is 22.8 Å². The van der Waals surface area contributed by atoms with Gasteiger partial charge >= 0.3 is 0 Å². The molecule has 5 nitrogen and oxygen atoms in total. The average Bonchev–Trinajstić information content (AvgIpc) is 3.40. The molecule has 3 rings (SSSR count). The molecular weight excluding hydrogens is 348 g/mol. The summed E-state index contributed by atoms with van der Waals surface area (Å²) in [6.07, 6.45) is 3.34. The van der Waals surface area contributed by atoms with Gasteiger partial charge in [-0.15, -0.1) is 0 Å². The highest BCUT2D eigenvalue weighted by atomic mass is 32.2. The van der Waals surface area contributed by atoms with Crippen LogP contribution in [0.3, 0.4) is 0 Å². The van der Waals surface area contributed by atoms with Crippen LogP contribution in [0.1, 0.15) is 24.0 Å². The molecule has 26 heavy (non-hydrogen) atoms. The Balaban J connectivity index is 1.57. The number of sulfone groups is 1. The molecule has 2 N–H and O–H groups in total. The molecule has 1 saturated carbocycles. The molecule has 1 fully saturated rings. The van der Waals surface area contributed by atoms with E-state index in [1.54, 1.807) is 18.2 Å². The van der Waals surface area contributed by atoms with Gasteiger partial charge in [0, 0.05) is 23.9 Å². The molecule has 1 aliphatic carbocycles. The first-order chi connectivity index (χ1) is 12.3. The fourth-order valence-corrected chi connectivity index (χ4v) is 3.69. The van der Waals surface area contributed by atoms with E-state index in [2.05, 4.69) is 22.8 Å². The zero-order valence-electron chi connectivity index (χ0n) is 15.1. The average molecular weight is 372 g/mol. The molecule has 0 spiro atoms. The summed E-state index contributed by atoms with van der Waals surface area (Å²) in [5, 5.41) is 6.04. The molecular formula is C20H24N2O3S. The highest BCUT2D eigenvalue weighted by Crippen LogP contribution is 2.47. The van der Waals surface area contributed by atoms with Crippen molar-refractivity contribution in [3.05, 3.63) is 59.7 Å². The van der Waals surface area contributed by atoms with Gasteiger partial charge in [-0.25, -0.2) is 8.42 Å². The molecule has 0 heterocycles. The first-order valence-electron chi connectivity index (χ1n) is 8.67. The van der Waals surface area contributed by atoms with Crippen molar-refractivity contribution in [3.63, 3.8) is 0 Å². The van der Waals surface area contributed by atoms with Crippen LogP contribution in [0.4, 0.5) is 5.69 Å². The number of carbonyl (C=O) groups excluding carboxylic acids is 1. The number of hydrogen-bond donors (Lipinski definition) is 2. The zero-order chi connectivity index (χ0) is 18.8. The molecule has 0 aliphatic heterocycles. The van der Waals surface area contributed by atoms with Gasteiger partial charge < -0.3 is 10.6 Å². The summed E-state index contributed by atoms with van der Waals surface area (Å²) in [6.45, 7) is 2.61. The molecule has 1 aliphatic rings. The minimum atomic E-state index is -3.27. The third-order valence-corrected chi connectivity index (χ3v) is 6.05. The lowest BCUT2D eigenvalue weighted by atomic mass is 9.96. The first kappa shape index (κ1) is 18.5. The number of hydrogen-bond acceptors (Lipinski definition) is 4. The number of benzene rings is 2. The van der Waals surface area contributed by atoms with Crippen LogP contribution in [-0.2, 0) is 20.0 Å². The molecule has 0 saturated heterocycles. The van der Waals surface area contributed by atoms with Crippen molar-refractivity contribution in [1.82, 2.24) is 5.32 Å². The van der Waals surface area contributed by atoms with E-state index in [4.69, 9.17) is 0 Å². The number of amides is 1. The van der Waals surface area contributed by atoms with Gasteiger partial charge in [0.15, 0.2) is 9.84 Å². The topological polar surface area (TPSA) is 75.3 Å². The van der Waals surface area contributed by atoms with E-state index < -0.39 is 9.84 Å². The van der Waals surface area contributed by atoms with Crippen molar-refractivity contribution in [2.24, 2.45) is 0 Å². The summed E-state index contributed by atoms with van der Waals surface area (Å²) in [5.74, 6) is -0.101. The predicted molar refractivity (Wildman–Crippen MR) is 103 cm³/mol. The molecule has 0 unspecified atom stereocenters. The Morgan fingerprint density at radius 2 is 1.81 bits per heavy atom. The predicted octanol–water partition coefficient (Wildman–Crippen LogP) is 2.66. The SMILES string of the molecule is Cc1ccc(S(C)(=O)=O)cc1NCC(=O)NCC1(c2ccccc2)CC1. The van der Waals surface area contributed by atoms with E-state index in [1.807, 2.05) is 25.1 Å². The standard InChI is InChI=1S/C20H24N2O3S/c1-15-8-9-17(26(2,24)25)12-18(15)21-13-19(23)22-14-20(10-11-20)16-6-4-3-5-7-16/h3-9,12,21H,10-11,13-14H2,1-2H3,(H,22,23). The Morgan fingerprint density at radius 3 is 2.42 bits per heavy atom. The van der Waals surface area contributed by atoms with E-state index in [0.717, 1.165) is 18.4 Å². The molecule has 0 atom stereocenters. The van der Waals surface area contributed by atoms with Crippen LogP contribution in [0.25, 0.3) is 0 Å². The first-order valence-corrected chi connectivity index (χ1v) is 10.6. The molecule has 2 aromatic rings. The van der Waals surface area contributed by atoms with Gasteiger partial charge in [0.2, 0.25) is 5.91 Å². The van der Waals surface area contributed by atoms with Gasteiger partial charge in [-0.1, -0.05) is 36.4 Å². The van der Waals surface area contributed by atoms with Crippen LogP contribution >= 0.6 is 0 Å². The summed E-state index contributed by atoms with van der Waals surface area (Å²) in [7, 11) is -3.27. The van der Waals surface area contributed by atoms with Crippen LogP contribution in [0.5, 0.6) is 0 Å². The van der Waals surface area contributed by atoms with Gasteiger partial charge in [0.05, 0.1) is 11.4 Å². The lowest BCUT2D eigenvalue weighted by molar-refractivity contribution is -0.119. The van der Waals surface area contributed by atoms with E-state index in [0.29, 0.717) is 12.2 Å². The maximum Gasteiger partial charge on any atom is 0.239 e. The summed E-state index contributed by atoms with van der Waals surface area (Å²) >= 11 is 0. The van der Waals surface area contributed by atoms with Crippen LogP contribution in [0.2, 0.25) is 0 Å². The fourth-order valence-electron chi connectivity index (χ4n) is 3.04. The lowest BCUT2D eigenvalue weighted by Crippen LogP contribution is -2.36. The Bertz CT molecular complexity index is 904. The largest absolute Gasteiger partial charge is 0.376 e. The number of aryl methyl sites for hydroxylation is 1. The number of nitrogens with one attached hydrogen (secondary N) is 2. The third-order valence-electron chi connectivity index (χ3n) is 4.94. The van der Waals surface area contributed by atoms with Crippen molar-refractivity contribution in [3.8, 4) is 0 Å². The third kappa shape index (κ3) is 4.25. The van der Waals surface area contributed by atoms with Crippen molar-refractivity contribution >= 4 is 21.4 Å². The molecule has 138 valence electrons. The Morgan fingerprint density at radius 1 is 1.12 bits per heavy atom. The quantitative estimate of drug-likeness (QED) is 0.783. The van der Waals surface area contributed by atoms with E-state index in [9.17, 15) is 13.2 Å². The Kier molecular flexibility index (Phi) is 5.05. The van der Waals surface area contributed by atoms with Crippen LogP contribution < -0.4 is 10.6 Å². The second kappa shape index (κ2) is 7.11. The van der Waals surface area contributed by atoms with Crippen molar-refractivity contribution in [1.29, 1.82) is 0 Å². The smallest absolute Gasteiger partial charge is 0.239 e. The molecule has 0 bridgehead atoms. The van der Waals surface area contributed by atoms with E-state index in [1.165, 1.54) is 11.8 Å². The minimum Gasteiger partial charge on any atom is -0.376 e. The van der Waals surface area contributed by atoms with Gasteiger partial charge in [0.1, 0.15) is 0 Å². The van der Waals surface area contributed by atoms with Gasteiger partial charge in [-0.2, -0.15) is 0 Å². The highest BCUT2D eigenvalue weighted by molar-refractivity contribution is 7.90. The molecule has 6 heteroatoms. The second-order valence-corrected chi connectivity index (χ2v) is 9.04.